The van der Waals surface area contributed by atoms with Crippen molar-refractivity contribution in [2.45, 2.75) is 27.2 Å². The summed E-state index contributed by atoms with van der Waals surface area (Å²) in [6, 6.07) is 0. The molecule has 0 spiro atoms. The van der Waals surface area contributed by atoms with E-state index in [0.717, 1.165) is 5.75 Å². The van der Waals surface area contributed by atoms with Crippen LogP contribution < -0.4 is 5.32 Å². The SMILES string of the molecule is CSCCC(=O)NCC(=O)C(C)(C)C. The van der Waals surface area contributed by atoms with Crippen molar-refractivity contribution in [3.05, 3.63) is 0 Å². The number of amides is 1. The average Bonchev–Trinajstić information content (AvgIpc) is 2.09. The molecule has 1 N–H and O–H groups in total. The highest BCUT2D eigenvalue weighted by molar-refractivity contribution is 7.98. The number of carbonyl (C=O) groups excluding carboxylic acids is 2. The molecule has 1 amide bonds. The lowest BCUT2D eigenvalue weighted by atomic mass is 9.91. The highest BCUT2D eigenvalue weighted by Crippen LogP contribution is 2.13. The van der Waals surface area contributed by atoms with Gasteiger partial charge in [0.05, 0.1) is 6.54 Å². The van der Waals surface area contributed by atoms with Gasteiger partial charge in [-0.1, -0.05) is 20.8 Å². The third kappa shape index (κ3) is 6.02. The summed E-state index contributed by atoms with van der Waals surface area (Å²) in [5.41, 5.74) is -0.368. The molecule has 3 nitrogen and oxygen atoms in total. The second-order valence-electron chi connectivity index (χ2n) is 4.19. The summed E-state index contributed by atoms with van der Waals surface area (Å²) in [6.45, 7) is 5.70. The van der Waals surface area contributed by atoms with Gasteiger partial charge in [0.2, 0.25) is 5.91 Å². The van der Waals surface area contributed by atoms with Crippen LogP contribution in [-0.4, -0.2) is 30.2 Å². The topological polar surface area (TPSA) is 46.2 Å². The smallest absolute Gasteiger partial charge is 0.221 e. The van der Waals surface area contributed by atoms with Gasteiger partial charge in [-0.2, -0.15) is 11.8 Å². The van der Waals surface area contributed by atoms with Crippen molar-refractivity contribution in [1.82, 2.24) is 5.32 Å². The Kier molecular flexibility index (Phi) is 5.84. The van der Waals surface area contributed by atoms with Crippen LogP contribution in [0.3, 0.4) is 0 Å². The zero-order valence-electron chi connectivity index (χ0n) is 9.35. The summed E-state index contributed by atoms with van der Waals surface area (Å²) in [6.07, 6.45) is 2.44. The van der Waals surface area contributed by atoms with E-state index in [1.54, 1.807) is 11.8 Å². The van der Waals surface area contributed by atoms with Crippen LogP contribution in [0.4, 0.5) is 0 Å². The van der Waals surface area contributed by atoms with Gasteiger partial charge in [-0.05, 0) is 6.26 Å². The van der Waals surface area contributed by atoms with Gasteiger partial charge in [0.15, 0.2) is 5.78 Å². The Morgan fingerprint density at radius 2 is 1.86 bits per heavy atom. The molecule has 0 aliphatic heterocycles. The van der Waals surface area contributed by atoms with E-state index in [4.69, 9.17) is 0 Å². The molecule has 0 saturated heterocycles. The first-order chi connectivity index (χ1) is 6.38. The standard InChI is InChI=1S/C10H19NO2S/c1-10(2,3)8(12)7-11-9(13)5-6-14-4/h5-7H2,1-4H3,(H,11,13). The van der Waals surface area contributed by atoms with Crippen molar-refractivity contribution in [3.63, 3.8) is 0 Å². The summed E-state index contributed by atoms with van der Waals surface area (Å²) < 4.78 is 0. The molecule has 14 heavy (non-hydrogen) atoms. The Bertz CT molecular complexity index is 209. The maximum Gasteiger partial charge on any atom is 0.221 e. The zero-order chi connectivity index (χ0) is 11.2. The van der Waals surface area contributed by atoms with Crippen LogP contribution in [-0.2, 0) is 9.59 Å². The van der Waals surface area contributed by atoms with Crippen LogP contribution in [0, 0.1) is 5.41 Å². The van der Waals surface area contributed by atoms with Crippen LogP contribution >= 0.6 is 11.8 Å². The Labute approximate surface area is 90.0 Å². The van der Waals surface area contributed by atoms with Gasteiger partial charge < -0.3 is 5.32 Å². The largest absolute Gasteiger partial charge is 0.349 e. The molecule has 0 aromatic heterocycles. The second kappa shape index (κ2) is 6.06. The number of rotatable bonds is 5. The number of hydrogen-bond acceptors (Lipinski definition) is 3. The van der Waals surface area contributed by atoms with E-state index < -0.39 is 0 Å². The maximum absolute atomic E-state index is 11.4. The number of carbonyl (C=O) groups is 2. The Morgan fingerprint density at radius 3 is 2.29 bits per heavy atom. The van der Waals surface area contributed by atoms with Gasteiger partial charge in [0.25, 0.3) is 0 Å². The van der Waals surface area contributed by atoms with E-state index in [-0.39, 0.29) is 23.7 Å². The molecule has 0 bridgehead atoms. The quantitative estimate of drug-likeness (QED) is 0.758. The lowest BCUT2D eigenvalue weighted by Crippen LogP contribution is -2.35. The summed E-state index contributed by atoms with van der Waals surface area (Å²) in [5.74, 6) is 0.821. The Hall–Kier alpha value is -0.510. The van der Waals surface area contributed by atoms with Crippen LogP contribution in [0.25, 0.3) is 0 Å². The number of thioether (sulfide) groups is 1. The molecule has 0 aliphatic carbocycles. The van der Waals surface area contributed by atoms with E-state index >= 15 is 0 Å². The molecule has 0 saturated carbocycles. The monoisotopic (exact) mass is 217 g/mol. The minimum atomic E-state index is -0.368. The van der Waals surface area contributed by atoms with Gasteiger partial charge in [-0.15, -0.1) is 0 Å². The molecule has 0 aromatic carbocycles. The number of ketones is 1. The number of hydrogen-bond donors (Lipinski definition) is 1. The molecule has 0 radical (unpaired) electrons. The van der Waals surface area contributed by atoms with E-state index in [1.165, 1.54) is 0 Å². The molecular formula is C10H19NO2S. The highest BCUT2D eigenvalue weighted by atomic mass is 32.2. The van der Waals surface area contributed by atoms with Gasteiger partial charge in [-0.25, -0.2) is 0 Å². The first-order valence-electron chi connectivity index (χ1n) is 4.67. The van der Waals surface area contributed by atoms with Gasteiger partial charge in [0.1, 0.15) is 0 Å². The molecule has 0 aliphatic rings. The lowest BCUT2D eigenvalue weighted by molar-refractivity contribution is -0.128. The number of Topliss-reactive ketones (excluding diaryl/α,β-unsaturated/α-hetero) is 1. The predicted octanol–water partition coefficient (Wildman–Crippen LogP) is 1.47. The third-order valence-corrected chi connectivity index (χ3v) is 2.43. The Morgan fingerprint density at radius 1 is 1.29 bits per heavy atom. The molecule has 0 unspecified atom stereocenters. The summed E-state index contributed by atoms with van der Waals surface area (Å²) in [7, 11) is 0. The fraction of sp³-hybridized carbons (Fsp3) is 0.800. The maximum atomic E-state index is 11.4. The first kappa shape index (κ1) is 13.5. The molecule has 4 heteroatoms. The molecule has 0 aromatic rings. The molecule has 0 rings (SSSR count). The summed E-state index contributed by atoms with van der Waals surface area (Å²) in [4.78, 5) is 22.6. The van der Waals surface area contributed by atoms with Crippen LogP contribution in [0.1, 0.15) is 27.2 Å². The molecule has 0 heterocycles. The van der Waals surface area contributed by atoms with E-state index in [1.807, 2.05) is 27.0 Å². The summed E-state index contributed by atoms with van der Waals surface area (Å²) in [5, 5.41) is 2.62. The van der Waals surface area contributed by atoms with Crippen molar-refractivity contribution >= 4 is 23.5 Å². The lowest BCUT2D eigenvalue weighted by Gasteiger charge is -2.16. The van der Waals surface area contributed by atoms with Gasteiger partial charge in [0, 0.05) is 17.6 Å². The van der Waals surface area contributed by atoms with Crippen LogP contribution in [0.5, 0.6) is 0 Å². The van der Waals surface area contributed by atoms with Crippen LogP contribution in [0.15, 0.2) is 0 Å². The summed E-state index contributed by atoms with van der Waals surface area (Å²) >= 11 is 1.62. The molecule has 0 fully saturated rings. The van der Waals surface area contributed by atoms with Crippen molar-refractivity contribution in [3.8, 4) is 0 Å². The second-order valence-corrected chi connectivity index (χ2v) is 5.18. The Balaban J connectivity index is 3.73. The highest BCUT2D eigenvalue weighted by Gasteiger charge is 2.20. The van der Waals surface area contributed by atoms with Crippen molar-refractivity contribution in [2.75, 3.05) is 18.6 Å². The normalized spacial score (nSPS) is 11.1. The van der Waals surface area contributed by atoms with Crippen molar-refractivity contribution in [1.29, 1.82) is 0 Å². The first-order valence-corrected chi connectivity index (χ1v) is 6.06. The molecule has 82 valence electrons. The fourth-order valence-corrected chi connectivity index (χ4v) is 1.12. The van der Waals surface area contributed by atoms with Gasteiger partial charge >= 0.3 is 0 Å². The third-order valence-electron chi connectivity index (χ3n) is 1.82. The van der Waals surface area contributed by atoms with Crippen molar-refractivity contribution < 1.29 is 9.59 Å². The van der Waals surface area contributed by atoms with E-state index in [2.05, 4.69) is 5.32 Å². The predicted molar refractivity (Wildman–Crippen MR) is 60.5 cm³/mol. The minimum Gasteiger partial charge on any atom is -0.349 e. The van der Waals surface area contributed by atoms with Gasteiger partial charge in [-0.3, -0.25) is 9.59 Å². The number of nitrogens with one attached hydrogen (secondary N) is 1. The molecule has 0 atom stereocenters. The van der Waals surface area contributed by atoms with E-state index in [0.29, 0.717) is 6.42 Å². The van der Waals surface area contributed by atoms with Crippen molar-refractivity contribution in [2.24, 2.45) is 5.41 Å². The minimum absolute atomic E-state index is 0.0445. The zero-order valence-corrected chi connectivity index (χ0v) is 10.2. The molecular weight excluding hydrogens is 198 g/mol. The fourth-order valence-electron chi connectivity index (χ4n) is 0.727. The average molecular weight is 217 g/mol. The van der Waals surface area contributed by atoms with E-state index in [9.17, 15) is 9.59 Å². The van der Waals surface area contributed by atoms with Crippen LogP contribution in [0.2, 0.25) is 0 Å².